The molecule has 2 rings (SSSR count). The van der Waals surface area contributed by atoms with Crippen molar-refractivity contribution in [2.75, 3.05) is 14.2 Å². The van der Waals surface area contributed by atoms with Crippen molar-refractivity contribution in [3.8, 4) is 17.2 Å². The van der Waals surface area contributed by atoms with Gasteiger partial charge in [-0.3, -0.25) is 0 Å². The summed E-state index contributed by atoms with van der Waals surface area (Å²) in [7, 11) is 3.14. The van der Waals surface area contributed by atoms with E-state index < -0.39 is 11.7 Å². The second-order valence-corrected chi connectivity index (χ2v) is 4.80. The number of hydrogen-bond donors (Lipinski definition) is 1. The summed E-state index contributed by atoms with van der Waals surface area (Å²) in [6.45, 7) is 3.89. The SMILES string of the molecule is COc1ccc2c(c1OC)OC(C)(C)CC2O. The van der Waals surface area contributed by atoms with Crippen LogP contribution in [0.25, 0.3) is 0 Å². The number of hydrogen-bond acceptors (Lipinski definition) is 4. The average molecular weight is 238 g/mol. The van der Waals surface area contributed by atoms with Gasteiger partial charge in [-0.15, -0.1) is 0 Å². The Morgan fingerprint density at radius 1 is 1.29 bits per heavy atom. The normalized spacial score (nSPS) is 21.4. The minimum absolute atomic E-state index is 0.411. The largest absolute Gasteiger partial charge is 0.493 e. The molecule has 0 spiro atoms. The van der Waals surface area contributed by atoms with E-state index in [4.69, 9.17) is 14.2 Å². The number of benzene rings is 1. The third kappa shape index (κ3) is 2.05. The van der Waals surface area contributed by atoms with Crippen LogP contribution >= 0.6 is 0 Å². The van der Waals surface area contributed by atoms with Gasteiger partial charge in [-0.2, -0.15) is 0 Å². The molecule has 0 amide bonds. The highest BCUT2D eigenvalue weighted by atomic mass is 16.5. The maximum absolute atomic E-state index is 10.1. The first-order chi connectivity index (χ1) is 7.98. The van der Waals surface area contributed by atoms with E-state index in [1.807, 2.05) is 19.9 Å². The zero-order valence-corrected chi connectivity index (χ0v) is 10.6. The Kier molecular flexibility index (Phi) is 2.91. The third-order valence-electron chi connectivity index (χ3n) is 2.95. The summed E-state index contributed by atoms with van der Waals surface area (Å²) < 4.78 is 16.4. The summed E-state index contributed by atoms with van der Waals surface area (Å²) in [6, 6.07) is 3.60. The van der Waals surface area contributed by atoms with E-state index in [2.05, 4.69) is 0 Å². The summed E-state index contributed by atoms with van der Waals surface area (Å²) in [4.78, 5) is 0. The van der Waals surface area contributed by atoms with Gasteiger partial charge in [0.05, 0.1) is 20.3 Å². The summed E-state index contributed by atoms with van der Waals surface area (Å²) in [5.41, 5.74) is 0.341. The molecule has 17 heavy (non-hydrogen) atoms. The highest BCUT2D eigenvalue weighted by molar-refractivity contribution is 5.57. The van der Waals surface area contributed by atoms with E-state index in [1.54, 1.807) is 20.3 Å². The van der Waals surface area contributed by atoms with Gasteiger partial charge in [-0.05, 0) is 26.0 Å². The number of aliphatic hydroxyl groups is 1. The van der Waals surface area contributed by atoms with Crippen LogP contribution in [0.2, 0.25) is 0 Å². The van der Waals surface area contributed by atoms with Crippen molar-refractivity contribution >= 4 is 0 Å². The van der Waals surface area contributed by atoms with Gasteiger partial charge in [-0.25, -0.2) is 0 Å². The van der Waals surface area contributed by atoms with E-state index in [9.17, 15) is 5.11 Å². The lowest BCUT2D eigenvalue weighted by Gasteiger charge is -2.36. The monoisotopic (exact) mass is 238 g/mol. The fourth-order valence-electron chi connectivity index (χ4n) is 2.18. The average Bonchev–Trinajstić information content (AvgIpc) is 2.25. The van der Waals surface area contributed by atoms with Gasteiger partial charge in [0, 0.05) is 12.0 Å². The second-order valence-electron chi connectivity index (χ2n) is 4.80. The lowest BCUT2D eigenvalue weighted by atomic mass is 9.91. The Labute approximate surface area is 101 Å². The fourth-order valence-corrected chi connectivity index (χ4v) is 2.18. The number of fused-ring (bicyclic) bond motifs is 1. The van der Waals surface area contributed by atoms with E-state index in [-0.39, 0.29) is 0 Å². The Balaban J connectivity index is 2.56. The maximum atomic E-state index is 10.1. The molecular formula is C13H18O4. The predicted molar refractivity (Wildman–Crippen MR) is 63.8 cm³/mol. The minimum Gasteiger partial charge on any atom is -0.493 e. The van der Waals surface area contributed by atoms with Crippen LogP contribution < -0.4 is 14.2 Å². The van der Waals surface area contributed by atoms with Gasteiger partial charge in [0.25, 0.3) is 0 Å². The van der Waals surface area contributed by atoms with Gasteiger partial charge < -0.3 is 19.3 Å². The molecule has 0 saturated heterocycles. The Morgan fingerprint density at radius 2 is 2.00 bits per heavy atom. The zero-order valence-electron chi connectivity index (χ0n) is 10.6. The molecule has 0 radical (unpaired) electrons. The quantitative estimate of drug-likeness (QED) is 0.858. The van der Waals surface area contributed by atoms with Crippen LogP contribution in [0.1, 0.15) is 31.9 Å². The number of rotatable bonds is 2. The van der Waals surface area contributed by atoms with Gasteiger partial charge in [0.15, 0.2) is 11.5 Å². The standard InChI is InChI=1S/C13H18O4/c1-13(2)7-9(14)8-5-6-10(15-3)12(16-4)11(8)17-13/h5-6,9,14H,7H2,1-4H3. The Bertz CT molecular complexity index is 426. The number of aliphatic hydroxyl groups excluding tert-OH is 1. The molecule has 0 aliphatic carbocycles. The fraction of sp³-hybridized carbons (Fsp3) is 0.538. The van der Waals surface area contributed by atoms with Crippen molar-refractivity contribution in [1.29, 1.82) is 0 Å². The number of methoxy groups -OCH3 is 2. The summed E-state index contributed by atoms with van der Waals surface area (Å²) in [5.74, 6) is 1.73. The molecule has 4 heteroatoms. The van der Waals surface area contributed by atoms with Crippen LogP contribution in [-0.4, -0.2) is 24.9 Å². The Morgan fingerprint density at radius 3 is 2.59 bits per heavy atom. The van der Waals surface area contributed by atoms with Crippen molar-refractivity contribution in [2.24, 2.45) is 0 Å². The molecule has 1 N–H and O–H groups in total. The van der Waals surface area contributed by atoms with E-state index in [1.165, 1.54) is 0 Å². The van der Waals surface area contributed by atoms with E-state index >= 15 is 0 Å². The molecule has 4 nitrogen and oxygen atoms in total. The molecule has 1 unspecified atom stereocenters. The summed E-state index contributed by atoms with van der Waals surface area (Å²) in [5, 5.41) is 10.1. The van der Waals surface area contributed by atoms with Crippen LogP contribution in [0.5, 0.6) is 17.2 Å². The molecule has 1 heterocycles. The topological polar surface area (TPSA) is 47.9 Å². The molecule has 1 aromatic rings. The maximum Gasteiger partial charge on any atom is 0.203 e. The third-order valence-corrected chi connectivity index (χ3v) is 2.95. The molecule has 1 aromatic carbocycles. The van der Waals surface area contributed by atoms with Crippen molar-refractivity contribution in [1.82, 2.24) is 0 Å². The molecule has 1 atom stereocenters. The summed E-state index contributed by atoms with van der Waals surface area (Å²) >= 11 is 0. The van der Waals surface area contributed by atoms with Crippen LogP contribution in [0.3, 0.4) is 0 Å². The summed E-state index contributed by atoms with van der Waals surface area (Å²) in [6.07, 6.45) is 0.0312. The highest BCUT2D eigenvalue weighted by Gasteiger charge is 2.35. The molecule has 94 valence electrons. The van der Waals surface area contributed by atoms with Crippen LogP contribution in [0, 0.1) is 0 Å². The molecule has 0 fully saturated rings. The highest BCUT2D eigenvalue weighted by Crippen LogP contribution is 2.48. The minimum atomic E-state index is -0.534. The van der Waals surface area contributed by atoms with Gasteiger partial charge in [-0.1, -0.05) is 0 Å². The molecule has 1 aliphatic heterocycles. The second kappa shape index (κ2) is 4.11. The van der Waals surface area contributed by atoms with Gasteiger partial charge in [0.2, 0.25) is 5.75 Å². The van der Waals surface area contributed by atoms with Crippen LogP contribution in [0.15, 0.2) is 12.1 Å². The molecule has 0 aromatic heterocycles. The first-order valence-electron chi connectivity index (χ1n) is 5.60. The Hall–Kier alpha value is -1.42. The van der Waals surface area contributed by atoms with Gasteiger partial charge >= 0.3 is 0 Å². The van der Waals surface area contributed by atoms with Crippen molar-refractivity contribution in [2.45, 2.75) is 32.0 Å². The lowest BCUT2D eigenvalue weighted by Crippen LogP contribution is -2.35. The molecular weight excluding hydrogens is 220 g/mol. The molecule has 1 aliphatic rings. The van der Waals surface area contributed by atoms with E-state index in [0.717, 1.165) is 5.56 Å². The lowest BCUT2D eigenvalue weighted by molar-refractivity contribution is 0.00894. The van der Waals surface area contributed by atoms with E-state index in [0.29, 0.717) is 23.7 Å². The first-order valence-corrected chi connectivity index (χ1v) is 5.60. The predicted octanol–water partition coefficient (Wildman–Crippen LogP) is 2.30. The molecule has 0 saturated carbocycles. The van der Waals surface area contributed by atoms with Crippen LogP contribution in [0.4, 0.5) is 0 Å². The zero-order chi connectivity index (χ0) is 12.6. The first kappa shape index (κ1) is 12.0. The van der Waals surface area contributed by atoms with Crippen molar-refractivity contribution in [3.63, 3.8) is 0 Å². The molecule has 0 bridgehead atoms. The van der Waals surface area contributed by atoms with Crippen LogP contribution in [-0.2, 0) is 0 Å². The number of ether oxygens (including phenoxy) is 3. The van der Waals surface area contributed by atoms with Crippen molar-refractivity contribution in [3.05, 3.63) is 17.7 Å². The van der Waals surface area contributed by atoms with Gasteiger partial charge in [0.1, 0.15) is 5.60 Å². The van der Waals surface area contributed by atoms with Crippen molar-refractivity contribution < 1.29 is 19.3 Å². The smallest absolute Gasteiger partial charge is 0.203 e.